The van der Waals surface area contributed by atoms with Crippen LogP contribution in [0.15, 0.2) is 23.4 Å². The molecule has 0 aliphatic rings. The van der Waals surface area contributed by atoms with Gasteiger partial charge in [-0.15, -0.1) is 0 Å². The number of aliphatic hydroxyl groups is 1. The highest BCUT2D eigenvalue weighted by molar-refractivity contribution is 7.85. The summed E-state index contributed by atoms with van der Waals surface area (Å²) in [7, 11) is -4.21. The number of rotatable bonds is 2. The Labute approximate surface area is 69.4 Å². The van der Waals surface area contributed by atoms with E-state index in [9.17, 15) is 8.42 Å². The van der Waals surface area contributed by atoms with E-state index in [0.717, 1.165) is 12.3 Å². The van der Waals surface area contributed by atoms with Crippen LogP contribution < -0.4 is 0 Å². The smallest absolute Gasteiger partial charge is 0.296 e. The summed E-state index contributed by atoms with van der Waals surface area (Å²) in [5.74, 6) is 0. The minimum absolute atomic E-state index is 0.309. The molecule has 12 heavy (non-hydrogen) atoms. The van der Waals surface area contributed by atoms with Crippen LogP contribution in [0, 0.1) is 0 Å². The lowest BCUT2D eigenvalue weighted by molar-refractivity contribution is 0.281. The monoisotopic (exact) mass is 189 g/mol. The maximum absolute atomic E-state index is 10.5. The van der Waals surface area contributed by atoms with Crippen LogP contribution in [-0.2, 0) is 16.7 Å². The zero-order valence-electron chi connectivity index (χ0n) is 6.01. The number of pyridine rings is 1. The molecular formula is C6H7NO4S. The van der Waals surface area contributed by atoms with Gasteiger partial charge in [-0.25, -0.2) is 0 Å². The second-order valence-corrected chi connectivity index (χ2v) is 3.58. The first-order valence-corrected chi connectivity index (χ1v) is 4.50. The summed E-state index contributed by atoms with van der Waals surface area (Å²) >= 11 is 0. The molecule has 0 fully saturated rings. The molecule has 0 aliphatic heterocycles. The van der Waals surface area contributed by atoms with Crippen LogP contribution in [-0.4, -0.2) is 23.1 Å². The molecule has 1 rings (SSSR count). The maximum atomic E-state index is 10.5. The standard InChI is InChI=1S/C6H7NO4S/c8-4-5-1-6(3-7-2-5)12(9,10)11/h1-3,8H,4H2,(H,9,10,11). The maximum Gasteiger partial charge on any atom is 0.296 e. The lowest BCUT2D eigenvalue weighted by Gasteiger charge is -1.97. The van der Waals surface area contributed by atoms with Crippen LogP contribution in [0.1, 0.15) is 5.56 Å². The van der Waals surface area contributed by atoms with E-state index in [4.69, 9.17) is 9.66 Å². The van der Waals surface area contributed by atoms with Crippen molar-refractivity contribution in [1.82, 2.24) is 4.98 Å². The zero-order valence-corrected chi connectivity index (χ0v) is 6.82. The quantitative estimate of drug-likeness (QED) is 0.630. The molecule has 0 aromatic carbocycles. The van der Waals surface area contributed by atoms with Crippen molar-refractivity contribution < 1.29 is 18.1 Å². The average Bonchev–Trinajstić information content (AvgIpc) is 2.03. The van der Waals surface area contributed by atoms with Gasteiger partial charge in [-0.1, -0.05) is 0 Å². The Morgan fingerprint density at radius 3 is 2.58 bits per heavy atom. The van der Waals surface area contributed by atoms with Crippen molar-refractivity contribution in [3.63, 3.8) is 0 Å². The van der Waals surface area contributed by atoms with Crippen molar-refractivity contribution in [2.75, 3.05) is 0 Å². The van der Waals surface area contributed by atoms with E-state index in [0.29, 0.717) is 5.56 Å². The van der Waals surface area contributed by atoms with Crippen molar-refractivity contribution >= 4 is 10.1 Å². The molecule has 2 N–H and O–H groups in total. The molecule has 0 aliphatic carbocycles. The van der Waals surface area contributed by atoms with Crippen molar-refractivity contribution in [2.24, 2.45) is 0 Å². The topological polar surface area (TPSA) is 87.5 Å². The largest absolute Gasteiger partial charge is 0.392 e. The number of aromatic nitrogens is 1. The highest BCUT2D eigenvalue weighted by Gasteiger charge is 2.09. The van der Waals surface area contributed by atoms with E-state index in [1.165, 1.54) is 6.20 Å². The molecule has 0 saturated carbocycles. The molecule has 1 aromatic rings. The van der Waals surface area contributed by atoms with Crippen LogP contribution in [0.4, 0.5) is 0 Å². The molecule has 66 valence electrons. The summed E-state index contributed by atoms with van der Waals surface area (Å²) in [5, 5.41) is 8.61. The predicted octanol–water partition coefficient (Wildman–Crippen LogP) is -0.179. The second-order valence-electron chi connectivity index (χ2n) is 2.16. The second kappa shape index (κ2) is 3.18. The SMILES string of the molecule is O=S(=O)(O)c1cncc(CO)c1. The minimum Gasteiger partial charge on any atom is -0.392 e. The van der Waals surface area contributed by atoms with E-state index in [2.05, 4.69) is 4.98 Å². The first kappa shape index (κ1) is 9.11. The number of nitrogens with zero attached hydrogens (tertiary/aromatic N) is 1. The van der Waals surface area contributed by atoms with E-state index in [-0.39, 0.29) is 11.5 Å². The minimum atomic E-state index is -4.21. The fourth-order valence-electron chi connectivity index (χ4n) is 0.691. The molecule has 0 saturated heterocycles. The highest BCUT2D eigenvalue weighted by atomic mass is 32.2. The van der Waals surface area contributed by atoms with Gasteiger partial charge in [0, 0.05) is 12.4 Å². The molecule has 6 heteroatoms. The highest BCUT2D eigenvalue weighted by Crippen LogP contribution is 2.08. The fourth-order valence-corrected chi connectivity index (χ4v) is 1.19. The van der Waals surface area contributed by atoms with Gasteiger partial charge < -0.3 is 5.11 Å². The van der Waals surface area contributed by atoms with Gasteiger partial charge in [0.2, 0.25) is 0 Å². The molecule has 0 bridgehead atoms. The number of aliphatic hydroxyl groups excluding tert-OH is 1. The Balaban J connectivity index is 3.20. The molecule has 0 spiro atoms. The van der Waals surface area contributed by atoms with E-state index >= 15 is 0 Å². The number of hydrogen-bond acceptors (Lipinski definition) is 4. The van der Waals surface area contributed by atoms with Crippen LogP contribution in [0.5, 0.6) is 0 Å². The van der Waals surface area contributed by atoms with Crippen LogP contribution in [0.25, 0.3) is 0 Å². The summed E-state index contributed by atoms with van der Waals surface area (Å²) in [6.07, 6.45) is 2.32. The first-order valence-electron chi connectivity index (χ1n) is 3.06. The summed E-state index contributed by atoms with van der Waals surface area (Å²) in [5.41, 5.74) is 0.338. The van der Waals surface area contributed by atoms with E-state index in [1.54, 1.807) is 0 Å². The Bertz CT molecular complexity index is 373. The lowest BCUT2D eigenvalue weighted by Crippen LogP contribution is -1.99. The Morgan fingerprint density at radius 2 is 2.08 bits per heavy atom. The van der Waals surface area contributed by atoms with Gasteiger partial charge in [0.1, 0.15) is 4.90 Å². The third-order valence-electron chi connectivity index (χ3n) is 1.25. The average molecular weight is 189 g/mol. The Hall–Kier alpha value is -0.980. The van der Waals surface area contributed by atoms with Gasteiger partial charge in [-0.3, -0.25) is 9.54 Å². The summed E-state index contributed by atoms with van der Waals surface area (Å²) in [4.78, 5) is 3.21. The molecule has 1 aromatic heterocycles. The van der Waals surface area contributed by atoms with Gasteiger partial charge in [0.05, 0.1) is 6.61 Å². The van der Waals surface area contributed by atoms with Gasteiger partial charge in [-0.05, 0) is 11.6 Å². The third kappa shape index (κ3) is 2.00. The third-order valence-corrected chi connectivity index (χ3v) is 2.07. The van der Waals surface area contributed by atoms with Crippen LogP contribution in [0.3, 0.4) is 0 Å². The van der Waals surface area contributed by atoms with Crippen LogP contribution in [0.2, 0.25) is 0 Å². The van der Waals surface area contributed by atoms with Gasteiger partial charge >= 0.3 is 0 Å². The summed E-state index contributed by atoms with van der Waals surface area (Å²) < 4.78 is 29.6. The van der Waals surface area contributed by atoms with Crippen molar-refractivity contribution in [3.8, 4) is 0 Å². The summed E-state index contributed by atoms with van der Waals surface area (Å²) in [6, 6.07) is 1.16. The Morgan fingerprint density at radius 1 is 1.42 bits per heavy atom. The van der Waals surface area contributed by atoms with Crippen molar-refractivity contribution in [3.05, 3.63) is 24.0 Å². The van der Waals surface area contributed by atoms with Gasteiger partial charge in [-0.2, -0.15) is 8.42 Å². The van der Waals surface area contributed by atoms with Crippen molar-refractivity contribution in [2.45, 2.75) is 11.5 Å². The zero-order chi connectivity index (χ0) is 9.19. The predicted molar refractivity (Wildman–Crippen MR) is 40.0 cm³/mol. The van der Waals surface area contributed by atoms with Gasteiger partial charge in [0.15, 0.2) is 0 Å². The normalized spacial score (nSPS) is 11.5. The Kier molecular flexibility index (Phi) is 2.41. The van der Waals surface area contributed by atoms with Gasteiger partial charge in [0.25, 0.3) is 10.1 Å². The molecule has 0 atom stereocenters. The van der Waals surface area contributed by atoms with E-state index < -0.39 is 10.1 Å². The first-order chi connectivity index (χ1) is 5.54. The molecule has 1 heterocycles. The molecule has 0 amide bonds. The fraction of sp³-hybridized carbons (Fsp3) is 0.167. The number of hydrogen-bond donors (Lipinski definition) is 2. The van der Waals surface area contributed by atoms with E-state index in [1.807, 2.05) is 0 Å². The van der Waals surface area contributed by atoms with Crippen molar-refractivity contribution in [1.29, 1.82) is 0 Å². The molecule has 5 nitrogen and oxygen atoms in total. The summed E-state index contributed by atoms with van der Waals surface area (Å²) in [6.45, 7) is -0.309. The molecular weight excluding hydrogens is 182 g/mol. The molecule has 0 radical (unpaired) electrons. The lowest BCUT2D eigenvalue weighted by atomic mass is 10.3. The van der Waals surface area contributed by atoms with Crippen LogP contribution >= 0.6 is 0 Å². The molecule has 0 unspecified atom stereocenters.